The van der Waals surface area contributed by atoms with Crippen LogP contribution >= 0.6 is 0 Å². The topological polar surface area (TPSA) is 20.2 Å². The lowest BCUT2D eigenvalue weighted by molar-refractivity contribution is 0.145. The smallest absolute Gasteiger partial charge is 0.0793 e. The molecular weight excluding hydrogens is 172 g/mol. The van der Waals surface area contributed by atoms with Crippen LogP contribution in [0.3, 0.4) is 0 Å². The van der Waals surface area contributed by atoms with E-state index in [-0.39, 0.29) is 6.10 Å². The Bertz CT molecular complexity index is 317. The van der Waals surface area contributed by atoms with Crippen LogP contribution in [0.1, 0.15) is 49.8 Å². The first-order valence-electron chi connectivity index (χ1n) is 5.47. The molecule has 14 heavy (non-hydrogen) atoms. The molecular formula is C13H18O. The summed E-state index contributed by atoms with van der Waals surface area (Å²) >= 11 is 0. The Morgan fingerprint density at radius 1 is 1.14 bits per heavy atom. The average Bonchev–Trinajstić information content (AvgIpc) is 2.18. The molecule has 0 radical (unpaired) electrons. The summed E-state index contributed by atoms with van der Waals surface area (Å²) in [6.45, 7) is 4.53. The van der Waals surface area contributed by atoms with Crippen LogP contribution in [-0.4, -0.2) is 5.11 Å². The molecule has 1 nitrogen and oxygen atoms in total. The molecule has 0 amide bonds. The van der Waals surface area contributed by atoms with Crippen molar-refractivity contribution < 1.29 is 5.11 Å². The monoisotopic (exact) mass is 190 g/mol. The normalized spacial score (nSPS) is 26.3. The van der Waals surface area contributed by atoms with Gasteiger partial charge in [-0.25, -0.2) is 0 Å². The molecule has 1 aliphatic rings. The lowest BCUT2D eigenvalue weighted by atomic mass is 9.76. The number of aliphatic hydroxyl groups excluding tert-OH is 1. The highest BCUT2D eigenvalue weighted by molar-refractivity contribution is 5.34. The molecule has 0 heterocycles. The summed E-state index contributed by atoms with van der Waals surface area (Å²) < 4.78 is 0. The molecule has 0 saturated carbocycles. The summed E-state index contributed by atoms with van der Waals surface area (Å²) in [6.07, 6.45) is 1.80. The Morgan fingerprint density at radius 3 is 2.43 bits per heavy atom. The lowest BCUT2D eigenvalue weighted by Crippen LogP contribution is -2.17. The first-order valence-corrected chi connectivity index (χ1v) is 5.47. The quantitative estimate of drug-likeness (QED) is 0.720. The van der Waals surface area contributed by atoms with Gasteiger partial charge in [-0.15, -0.1) is 0 Å². The van der Waals surface area contributed by atoms with Gasteiger partial charge in [0.25, 0.3) is 0 Å². The van der Waals surface area contributed by atoms with Crippen molar-refractivity contribution in [2.45, 2.75) is 38.7 Å². The third kappa shape index (κ3) is 1.57. The highest BCUT2D eigenvalue weighted by Gasteiger charge is 2.26. The fourth-order valence-corrected chi connectivity index (χ4v) is 2.49. The van der Waals surface area contributed by atoms with E-state index in [2.05, 4.69) is 32.0 Å². The van der Waals surface area contributed by atoms with Crippen LogP contribution in [0.5, 0.6) is 0 Å². The van der Waals surface area contributed by atoms with E-state index in [1.807, 2.05) is 6.07 Å². The van der Waals surface area contributed by atoms with Gasteiger partial charge in [0.05, 0.1) is 6.10 Å². The Balaban J connectivity index is 2.41. The number of fused-ring (bicyclic) bond motifs is 1. The van der Waals surface area contributed by atoms with Gasteiger partial charge in [0.1, 0.15) is 0 Å². The van der Waals surface area contributed by atoms with Crippen LogP contribution in [-0.2, 0) is 0 Å². The number of hydrogen-bond donors (Lipinski definition) is 1. The van der Waals surface area contributed by atoms with Crippen molar-refractivity contribution in [3.63, 3.8) is 0 Å². The fraction of sp³-hybridized carbons (Fsp3) is 0.538. The molecule has 1 aromatic carbocycles. The minimum atomic E-state index is -0.235. The third-order valence-electron chi connectivity index (χ3n) is 3.31. The van der Waals surface area contributed by atoms with Gasteiger partial charge < -0.3 is 5.11 Å². The standard InChI is InChI=1S/C13H18O/c1-9(2)10-7-8-13(14)12-6-4-3-5-11(10)12/h3-6,9-10,13-14H,7-8H2,1-2H3/t10-,13+/m0/s1. The molecule has 0 bridgehead atoms. The number of rotatable bonds is 1. The zero-order chi connectivity index (χ0) is 10.1. The van der Waals surface area contributed by atoms with E-state index in [1.54, 1.807) is 0 Å². The van der Waals surface area contributed by atoms with E-state index in [4.69, 9.17) is 0 Å². The lowest BCUT2D eigenvalue weighted by Gasteiger charge is -2.31. The van der Waals surface area contributed by atoms with Crippen molar-refractivity contribution in [3.05, 3.63) is 35.4 Å². The van der Waals surface area contributed by atoms with Gasteiger partial charge in [-0.2, -0.15) is 0 Å². The maximum absolute atomic E-state index is 9.86. The zero-order valence-electron chi connectivity index (χ0n) is 8.90. The van der Waals surface area contributed by atoms with Gasteiger partial charge in [0.15, 0.2) is 0 Å². The zero-order valence-corrected chi connectivity index (χ0v) is 8.90. The summed E-state index contributed by atoms with van der Waals surface area (Å²) in [5.41, 5.74) is 2.51. The Kier molecular flexibility index (Phi) is 2.60. The first kappa shape index (κ1) is 9.72. The average molecular weight is 190 g/mol. The van der Waals surface area contributed by atoms with E-state index in [0.717, 1.165) is 18.4 Å². The summed E-state index contributed by atoms with van der Waals surface area (Å²) in [6, 6.07) is 8.33. The maximum atomic E-state index is 9.86. The molecule has 1 aromatic rings. The number of benzene rings is 1. The van der Waals surface area contributed by atoms with Crippen LogP contribution in [0.25, 0.3) is 0 Å². The Morgan fingerprint density at radius 2 is 1.79 bits per heavy atom. The predicted octanol–water partition coefficient (Wildman–Crippen LogP) is 3.25. The molecule has 0 saturated heterocycles. The van der Waals surface area contributed by atoms with Gasteiger partial charge >= 0.3 is 0 Å². The van der Waals surface area contributed by atoms with Crippen molar-refractivity contribution in [2.75, 3.05) is 0 Å². The number of hydrogen-bond acceptors (Lipinski definition) is 1. The van der Waals surface area contributed by atoms with E-state index >= 15 is 0 Å². The second kappa shape index (κ2) is 3.74. The van der Waals surface area contributed by atoms with Crippen LogP contribution in [0.2, 0.25) is 0 Å². The van der Waals surface area contributed by atoms with Crippen molar-refractivity contribution in [3.8, 4) is 0 Å². The van der Waals surface area contributed by atoms with E-state index < -0.39 is 0 Å². The summed E-state index contributed by atoms with van der Waals surface area (Å²) in [5, 5.41) is 9.86. The molecule has 76 valence electrons. The second-order valence-electron chi connectivity index (χ2n) is 4.57. The van der Waals surface area contributed by atoms with Crippen LogP contribution in [0.15, 0.2) is 24.3 Å². The largest absolute Gasteiger partial charge is 0.388 e. The molecule has 1 heteroatoms. The molecule has 2 atom stereocenters. The SMILES string of the molecule is CC(C)[C@@H]1CC[C@@H](O)c2ccccc21. The second-order valence-corrected chi connectivity index (χ2v) is 4.57. The highest BCUT2D eigenvalue weighted by Crippen LogP contribution is 2.40. The summed E-state index contributed by atoms with van der Waals surface area (Å²) in [4.78, 5) is 0. The van der Waals surface area contributed by atoms with Crippen molar-refractivity contribution in [1.82, 2.24) is 0 Å². The van der Waals surface area contributed by atoms with E-state index in [0.29, 0.717) is 11.8 Å². The minimum absolute atomic E-state index is 0.235. The van der Waals surface area contributed by atoms with Crippen molar-refractivity contribution >= 4 is 0 Å². The van der Waals surface area contributed by atoms with Crippen molar-refractivity contribution in [2.24, 2.45) is 5.92 Å². The van der Waals surface area contributed by atoms with Crippen LogP contribution in [0.4, 0.5) is 0 Å². The first-order chi connectivity index (χ1) is 6.70. The predicted molar refractivity (Wildman–Crippen MR) is 58.2 cm³/mol. The van der Waals surface area contributed by atoms with Gasteiger partial charge in [-0.1, -0.05) is 38.1 Å². The fourth-order valence-electron chi connectivity index (χ4n) is 2.49. The minimum Gasteiger partial charge on any atom is -0.388 e. The van der Waals surface area contributed by atoms with E-state index in [9.17, 15) is 5.11 Å². The van der Waals surface area contributed by atoms with E-state index in [1.165, 1.54) is 5.56 Å². The van der Waals surface area contributed by atoms with Gasteiger partial charge in [0.2, 0.25) is 0 Å². The molecule has 0 fully saturated rings. The van der Waals surface area contributed by atoms with Crippen LogP contribution in [0, 0.1) is 5.92 Å². The molecule has 0 spiro atoms. The summed E-state index contributed by atoms with van der Waals surface area (Å²) in [7, 11) is 0. The molecule has 0 aliphatic heterocycles. The van der Waals surface area contributed by atoms with Gasteiger partial charge in [-0.05, 0) is 35.8 Å². The third-order valence-corrected chi connectivity index (χ3v) is 3.31. The Hall–Kier alpha value is -0.820. The highest BCUT2D eigenvalue weighted by atomic mass is 16.3. The van der Waals surface area contributed by atoms with Gasteiger partial charge in [0, 0.05) is 0 Å². The van der Waals surface area contributed by atoms with Crippen molar-refractivity contribution in [1.29, 1.82) is 0 Å². The molecule has 1 aliphatic carbocycles. The van der Waals surface area contributed by atoms with Crippen LogP contribution < -0.4 is 0 Å². The molecule has 0 aromatic heterocycles. The Labute approximate surface area is 85.8 Å². The molecule has 0 unspecified atom stereocenters. The van der Waals surface area contributed by atoms with Gasteiger partial charge in [-0.3, -0.25) is 0 Å². The molecule has 2 rings (SSSR count). The summed E-state index contributed by atoms with van der Waals surface area (Å²) in [5.74, 6) is 1.30. The number of aliphatic hydroxyl groups is 1. The molecule has 1 N–H and O–H groups in total. The maximum Gasteiger partial charge on any atom is 0.0793 e.